The molecule has 2 aromatic carbocycles. The van der Waals surface area contributed by atoms with Crippen molar-refractivity contribution in [3.05, 3.63) is 48.0 Å². The first-order valence-corrected chi connectivity index (χ1v) is 9.22. The molecule has 2 aliphatic rings. The third-order valence-corrected chi connectivity index (χ3v) is 5.91. The minimum absolute atomic E-state index is 0.139. The van der Waals surface area contributed by atoms with Crippen LogP contribution in [0, 0.1) is 5.92 Å². The van der Waals surface area contributed by atoms with Crippen molar-refractivity contribution in [1.29, 1.82) is 0 Å². The van der Waals surface area contributed by atoms with Crippen LogP contribution in [-0.2, 0) is 16.1 Å². The fraction of sp³-hybridized carbons (Fsp3) is 0.263. The molecule has 2 aliphatic heterocycles. The van der Waals surface area contributed by atoms with Crippen molar-refractivity contribution in [3.63, 3.8) is 0 Å². The molecule has 2 atom stereocenters. The minimum atomic E-state index is -0.457. The number of rotatable bonds is 4. The van der Waals surface area contributed by atoms with E-state index in [-0.39, 0.29) is 18.6 Å². The number of thioether (sulfide) groups is 1. The highest BCUT2D eigenvalue weighted by Gasteiger charge is 2.34. The van der Waals surface area contributed by atoms with Crippen LogP contribution >= 0.6 is 11.8 Å². The van der Waals surface area contributed by atoms with Crippen molar-refractivity contribution >= 4 is 29.3 Å². The maximum absolute atomic E-state index is 12.5. The molecular weight excluding hydrogens is 352 g/mol. The first kappa shape index (κ1) is 16.8. The largest absolute Gasteiger partial charge is 0.454 e. The summed E-state index contributed by atoms with van der Waals surface area (Å²) in [6, 6.07) is 13.2. The summed E-state index contributed by atoms with van der Waals surface area (Å²) in [6.45, 7) is 2.37. The van der Waals surface area contributed by atoms with Crippen LogP contribution in [0.25, 0.3) is 0 Å². The Hall–Kier alpha value is -2.67. The second kappa shape index (κ2) is 6.92. The molecular formula is C19H18N2O4S. The zero-order chi connectivity index (χ0) is 18.1. The lowest BCUT2D eigenvalue weighted by molar-refractivity contribution is -0.127. The molecule has 0 aliphatic carbocycles. The van der Waals surface area contributed by atoms with Gasteiger partial charge >= 0.3 is 0 Å². The molecule has 0 saturated carbocycles. The molecule has 0 bridgehead atoms. The average molecular weight is 370 g/mol. The van der Waals surface area contributed by atoms with E-state index in [4.69, 9.17) is 9.47 Å². The van der Waals surface area contributed by atoms with Gasteiger partial charge in [-0.05, 0) is 29.8 Å². The molecule has 2 heterocycles. The number of para-hydroxylation sites is 1. The molecule has 26 heavy (non-hydrogen) atoms. The molecule has 0 spiro atoms. The molecule has 0 radical (unpaired) electrons. The van der Waals surface area contributed by atoms with Gasteiger partial charge in [-0.15, -0.1) is 11.8 Å². The van der Waals surface area contributed by atoms with E-state index in [0.29, 0.717) is 18.0 Å². The van der Waals surface area contributed by atoms with Gasteiger partial charge in [0.1, 0.15) is 0 Å². The van der Waals surface area contributed by atoms with Gasteiger partial charge in [0, 0.05) is 11.4 Å². The summed E-state index contributed by atoms with van der Waals surface area (Å²) in [5.41, 5.74) is 1.72. The van der Waals surface area contributed by atoms with Gasteiger partial charge in [0.05, 0.1) is 16.9 Å². The van der Waals surface area contributed by atoms with Crippen molar-refractivity contribution < 1.29 is 19.1 Å². The zero-order valence-corrected chi connectivity index (χ0v) is 15.0. The van der Waals surface area contributed by atoms with Gasteiger partial charge in [-0.1, -0.05) is 25.1 Å². The summed E-state index contributed by atoms with van der Waals surface area (Å²) in [5, 5.41) is 5.32. The molecule has 134 valence electrons. The number of ether oxygens (including phenoxy) is 2. The predicted molar refractivity (Wildman–Crippen MR) is 98.3 cm³/mol. The van der Waals surface area contributed by atoms with Crippen molar-refractivity contribution in [1.82, 2.24) is 5.32 Å². The first-order valence-electron chi connectivity index (χ1n) is 8.34. The molecule has 0 saturated heterocycles. The molecule has 0 unspecified atom stereocenters. The lowest BCUT2D eigenvalue weighted by Crippen LogP contribution is -2.41. The summed E-state index contributed by atoms with van der Waals surface area (Å²) in [4.78, 5) is 25.9. The van der Waals surface area contributed by atoms with Crippen molar-refractivity contribution in [2.45, 2.75) is 23.6 Å². The fourth-order valence-electron chi connectivity index (χ4n) is 2.93. The normalized spacial score (nSPS) is 18.7. The second-order valence-electron chi connectivity index (χ2n) is 6.22. The van der Waals surface area contributed by atoms with Crippen LogP contribution in [0.15, 0.2) is 47.4 Å². The Balaban J connectivity index is 1.39. The molecule has 6 nitrogen and oxygen atoms in total. The molecule has 4 rings (SSSR count). The molecule has 0 fully saturated rings. The quantitative estimate of drug-likeness (QED) is 0.865. The van der Waals surface area contributed by atoms with E-state index < -0.39 is 11.2 Å². The lowest BCUT2D eigenvalue weighted by atomic mass is 10.1. The van der Waals surface area contributed by atoms with Crippen molar-refractivity contribution in [2.75, 3.05) is 12.1 Å². The Labute approximate surface area is 155 Å². The van der Waals surface area contributed by atoms with Gasteiger partial charge in [-0.25, -0.2) is 0 Å². The van der Waals surface area contributed by atoms with Crippen LogP contribution in [-0.4, -0.2) is 23.9 Å². The third kappa shape index (κ3) is 3.22. The van der Waals surface area contributed by atoms with Crippen LogP contribution in [0.2, 0.25) is 0 Å². The van der Waals surface area contributed by atoms with Crippen LogP contribution in [0.4, 0.5) is 5.69 Å². The van der Waals surface area contributed by atoms with Crippen molar-refractivity contribution in [2.24, 2.45) is 5.92 Å². The molecule has 0 aromatic heterocycles. The summed E-state index contributed by atoms with van der Waals surface area (Å²) >= 11 is 1.43. The average Bonchev–Trinajstić information content (AvgIpc) is 3.12. The number of hydrogen-bond acceptors (Lipinski definition) is 5. The first-order chi connectivity index (χ1) is 12.6. The SMILES string of the molecule is C[C@@H](C(=O)NCc1ccc2c(c1)OCO2)[C@@H]1Sc2ccccc2NC1=O. The Kier molecular flexibility index (Phi) is 4.46. The summed E-state index contributed by atoms with van der Waals surface area (Å²) in [6.07, 6.45) is 0. The summed E-state index contributed by atoms with van der Waals surface area (Å²) in [5.74, 6) is 0.641. The molecule has 2 aromatic rings. The van der Waals surface area contributed by atoms with Crippen molar-refractivity contribution in [3.8, 4) is 11.5 Å². The third-order valence-electron chi connectivity index (χ3n) is 4.43. The topological polar surface area (TPSA) is 76.7 Å². The Morgan fingerprint density at radius 1 is 1.27 bits per heavy atom. The zero-order valence-electron chi connectivity index (χ0n) is 14.2. The second-order valence-corrected chi connectivity index (χ2v) is 7.40. The standard InChI is InChI=1S/C19H18N2O4S/c1-11(17-19(23)21-13-4-2-3-5-16(13)26-17)18(22)20-9-12-6-7-14-15(8-12)25-10-24-14/h2-8,11,17H,9-10H2,1H3,(H,20,22)(H,21,23)/t11-,17+/m1/s1. The van der Waals surface area contributed by atoms with E-state index >= 15 is 0 Å². The Morgan fingerprint density at radius 2 is 2.08 bits per heavy atom. The maximum atomic E-state index is 12.5. The van der Waals surface area contributed by atoms with Gasteiger partial charge in [0.2, 0.25) is 18.6 Å². The summed E-state index contributed by atoms with van der Waals surface area (Å²) in [7, 11) is 0. The van der Waals surface area contributed by atoms with E-state index in [1.54, 1.807) is 6.92 Å². The van der Waals surface area contributed by atoms with E-state index in [9.17, 15) is 9.59 Å². The monoisotopic (exact) mass is 370 g/mol. The number of hydrogen-bond donors (Lipinski definition) is 2. The van der Waals surface area contributed by atoms with E-state index in [0.717, 1.165) is 16.1 Å². The number of amides is 2. The number of benzene rings is 2. The van der Waals surface area contributed by atoms with E-state index in [2.05, 4.69) is 10.6 Å². The number of carbonyl (C=O) groups excluding carboxylic acids is 2. The smallest absolute Gasteiger partial charge is 0.238 e. The molecule has 2 amide bonds. The van der Waals surface area contributed by atoms with E-state index in [1.165, 1.54) is 11.8 Å². The number of carbonyl (C=O) groups is 2. The van der Waals surface area contributed by atoms with Gasteiger partial charge in [-0.3, -0.25) is 9.59 Å². The van der Waals surface area contributed by atoms with E-state index in [1.807, 2.05) is 42.5 Å². The van der Waals surface area contributed by atoms with Crippen LogP contribution in [0.3, 0.4) is 0 Å². The fourth-order valence-corrected chi connectivity index (χ4v) is 4.10. The maximum Gasteiger partial charge on any atom is 0.238 e. The number of anilines is 1. The van der Waals surface area contributed by atoms with Gasteiger partial charge in [0.25, 0.3) is 0 Å². The predicted octanol–water partition coefficient (Wildman–Crippen LogP) is 2.78. The van der Waals surface area contributed by atoms with Crippen LogP contribution < -0.4 is 20.1 Å². The van der Waals surface area contributed by atoms with Gasteiger partial charge in [-0.2, -0.15) is 0 Å². The summed E-state index contributed by atoms with van der Waals surface area (Å²) < 4.78 is 10.6. The highest BCUT2D eigenvalue weighted by Crippen LogP contribution is 2.38. The Bertz CT molecular complexity index is 870. The van der Waals surface area contributed by atoms with Crippen LogP contribution in [0.1, 0.15) is 12.5 Å². The van der Waals surface area contributed by atoms with Gasteiger partial charge in [0.15, 0.2) is 11.5 Å². The highest BCUT2D eigenvalue weighted by molar-refractivity contribution is 8.01. The van der Waals surface area contributed by atoms with Gasteiger partial charge < -0.3 is 20.1 Å². The lowest BCUT2D eigenvalue weighted by Gasteiger charge is -2.27. The number of nitrogens with one attached hydrogen (secondary N) is 2. The minimum Gasteiger partial charge on any atom is -0.454 e. The number of fused-ring (bicyclic) bond motifs is 2. The Morgan fingerprint density at radius 3 is 2.96 bits per heavy atom. The highest BCUT2D eigenvalue weighted by atomic mass is 32.2. The van der Waals surface area contributed by atoms with Crippen LogP contribution in [0.5, 0.6) is 11.5 Å². The molecule has 7 heteroatoms. The molecule has 2 N–H and O–H groups in total.